The first kappa shape index (κ1) is 15.1. The third-order valence-electron chi connectivity index (χ3n) is 3.34. The van der Waals surface area contributed by atoms with Crippen molar-refractivity contribution in [2.24, 2.45) is 0 Å². The number of para-hydroxylation sites is 1. The molecule has 0 fully saturated rings. The van der Waals surface area contributed by atoms with Crippen LogP contribution < -0.4 is 9.84 Å². The molecular formula is C17H13NO4S. The van der Waals surface area contributed by atoms with E-state index < -0.39 is 15.7 Å². The lowest BCUT2D eigenvalue weighted by molar-refractivity contribution is 0.281. The Kier molecular flexibility index (Phi) is 3.75. The van der Waals surface area contributed by atoms with E-state index in [1.807, 2.05) is 0 Å². The van der Waals surface area contributed by atoms with E-state index in [0.29, 0.717) is 10.9 Å². The quantitative estimate of drug-likeness (QED) is 0.738. The predicted octanol–water partition coefficient (Wildman–Crippen LogP) is 2.46. The number of fused-ring (bicyclic) bond motifs is 1. The first-order valence-electron chi connectivity index (χ1n) is 6.79. The molecule has 1 aromatic heterocycles. The van der Waals surface area contributed by atoms with E-state index in [0.717, 1.165) is 10.3 Å². The van der Waals surface area contributed by atoms with Crippen LogP contribution in [0.2, 0.25) is 0 Å². The van der Waals surface area contributed by atoms with Gasteiger partial charge in [0.2, 0.25) is 0 Å². The van der Waals surface area contributed by atoms with Crippen LogP contribution in [0.25, 0.3) is 17.0 Å². The zero-order chi connectivity index (χ0) is 16.4. The highest BCUT2D eigenvalue weighted by Crippen LogP contribution is 2.15. The second kappa shape index (κ2) is 5.73. The minimum absolute atomic E-state index is 0.0389. The number of hydrogen-bond acceptors (Lipinski definition) is 4. The maximum absolute atomic E-state index is 12.4. The summed E-state index contributed by atoms with van der Waals surface area (Å²) in [4.78, 5) is 12.0. The van der Waals surface area contributed by atoms with Gasteiger partial charge < -0.3 is 0 Å². The molecule has 0 aliphatic rings. The molecule has 5 nitrogen and oxygen atoms in total. The standard InChI is InChI=1S/C17H13NO4S/c1-2-13-7-10-15(11-8-13)23(20,21)22-18-16-6-4-3-5-14(16)9-12-17(18)19/h2-12H,1H2. The van der Waals surface area contributed by atoms with E-state index in [4.69, 9.17) is 4.28 Å². The highest BCUT2D eigenvalue weighted by Gasteiger charge is 2.18. The fourth-order valence-corrected chi connectivity index (χ4v) is 3.06. The molecule has 0 amide bonds. The van der Waals surface area contributed by atoms with Crippen LogP contribution in [0.3, 0.4) is 0 Å². The smallest absolute Gasteiger partial charge is 0.280 e. The van der Waals surface area contributed by atoms with Crippen molar-refractivity contribution in [3.8, 4) is 0 Å². The molecule has 0 aliphatic carbocycles. The molecule has 0 N–H and O–H groups in total. The Morgan fingerprint density at radius 2 is 1.65 bits per heavy atom. The molecule has 2 aromatic carbocycles. The van der Waals surface area contributed by atoms with E-state index in [2.05, 4.69) is 6.58 Å². The Hall–Kier alpha value is -2.86. The highest BCUT2D eigenvalue weighted by molar-refractivity contribution is 7.87. The zero-order valence-corrected chi connectivity index (χ0v) is 12.9. The molecule has 0 radical (unpaired) electrons. The molecule has 0 aliphatic heterocycles. The van der Waals surface area contributed by atoms with Crippen LogP contribution in [0.1, 0.15) is 5.56 Å². The van der Waals surface area contributed by atoms with Crippen LogP contribution in [-0.4, -0.2) is 13.1 Å². The molecule has 3 rings (SSSR count). The molecule has 3 aromatic rings. The Morgan fingerprint density at radius 3 is 2.35 bits per heavy atom. The summed E-state index contributed by atoms with van der Waals surface area (Å²) >= 11 is 0. The normalized spacial score (nSPS) is 11.3. The largest absolute Gasteiger partial charge is 0.357 e. The topological polar surface area (TPSA) is 65.4 Å². The van der Waals surface area contributed by atoms with Crippen LogP contribution in [0.15, 0.2) is 76.9 Å². The van der Waals surface area contributed by atoms with E-state index in [-0.39, 0.29) is 4.90 Å². The fraction of sp³-hybridized carbons (Fsp3) is 0. The Morgan fingerprint density at radius 1 is 0.957 bits per heavy atom. The summed E-state index contributed by atoms with van der Waals surface area (Å²) in [5, 5.41) is 0.698. The summed E-state index contributed by atoms with van der Waals surface area (Å²) < 4.78 is 30.6. The number of hydrogen-bond donors (Lipinski definition) is 0. The van der Waals surface area contributed by atoms with Crippen LogP contribution >= 0.6 is 0 Å². The summed E-state index contributed by atoms with van der Waals surface area (Å²) in [5.41, 5.74) is 0.604. The van der Waals surface area contributed by atoms with Crippen LogP contribution in [-0.2, 0) is 10.1 Å². The second-order valence-electron chi connectivity index (χ2n) is 4.83. The molecule has 23 heavy (non-hydrogen) atoms. The fourth-order valence-electron chi connectivity index (χ4n) is 2.15. The van der Waals surface area contributed by atoms with Crippen molar-refractivity contribution < 1.29 is 12.7 Å². The van der Waals surface area contributed by atoms with Gasteiger partial charge in [0.05, 0.1) is 5.52 Å². The van der Waals surface area contributed by atoms with Gasteiger partial charge in [0.25, 0.3) is 5.56 Å². The molecule has 0 saturated heterocycles. The van der Waals surface area contributed by atoms with Gasteiger partial charge >= 0.3 is 10.1 Å². The monoisotopic (exact) mass is 327 g/mol. The van der Waals surface area contributed by atoms with Gasteiger partial charge in [0.15, 0.2) is 0 Å². The lowest BCUT2D eigenvalue weighted by Crippen LogP contribution is -2.30. The molecule has 0 spiro atoms. The second-order valence-corrected chi connectivity index (χ2v) is 6.36. The lowest BCUT2D eigenvalue weighted by Gasteiger charge is -2.11. The molecule has 6 heteroatoms. The highest BCUT2D eigenvalue weighted by atomic mass is 32.2. The van der Waals surface area contributed by atoms with E-state index in [9.17, 15) is 13.2 Å². The van der Waals surface area contributed by atoms with Gasteiger partial charge in [-0.05, 0) is 29.8 Å². The molecule has 0 bridgehead atoms. The zero-order valence-electron chi connectivity index (χ0n) is 12.0. The van der Waals surface area contributed by atoms with Crippen molar-refractivity contribution >= 4 is 27.1 Å². The maximum atomic E-state index is 12.4. The summed E-state index contributed by atoms with van der Waals surface area (Å²) in [6.07, 6.45) is 1.60. The molecule has 0 atom stereocenters. The summed E-state index contributed by atoms with van der Waals surface area (Å²) in [7, 11) is -4.12. The summed E-state index contributed by atoms with van der Waals surface area (Å²) in [6, 6.07) is 15.8. The van der Waals surface area contributed by atoms with Gasteiger partial charge in [-0.15, -0.1) is 4.73 Å². The third-order valence-corrected chi connectivity index (χ3v) is 4.53. The first-order chi connectivity index (χ1) is 11.0. The predicted molar refractivity (Wildman–Crippen MR) is 88.5 cm³/mol. The average Bonchev–Trinajstić information content (AvgIpc) is 2.57. The minimum atomic E-state index is -4.12. The SMILES string of the molecule is C=Cc1ccc(S(=O)(=O)On2c(=O)ccc3ccccc32)cc1. The van der Waals surface area contributed by atoms with Crippen molar-refractivity contribution in [1.29, 1.82) is 0 Å². The van der Waals surface area contributed by atoms with Crippen molar-refractivity contribution in [1.82, 2.24) is 4.73 Å². The van der Waals surface area contributed by atoms with Gasteiger partial charge in [-0.25, -0.2) is 0 Å². The van der Waals surface area contributed by atoms with Gasteiger partial charge in [-0.1, -0.05) is 43.0 Å². The lowest BCUT2D eigenvalue weighted by atomic mass is 10.2. The van der Waals surface area contributed by atoms with Crippen molar-refractivity contribution in [3.05, 3.63) is 83.2 Å². The van der Waals surface area contributed by atoms with Gasteiger partial charge in [0.1, 0.15) is 4.90 Å². The van der Waals surface area contributed by atoms with E-state index >= 15 is 0 Å². The van der Waals surface area contributed by atoms with E-state index in [1.165, 1.54) is 18.2 Å². The van der Waals surface area contributed by atoms with Crippen molar-refractivity contribution in [2.45, 2.75) is 4.90 Å². The molecular weight excluding hydrogens is 314 g/mol. The molecule has 0 unspecified atom stereocenters. The number of rotatable bonds is 4. The summed E-state index contributed by atoms with van der Waals surface area (Å²) in [5.74, 6) is 0. The van der Waals surface area contributed by atoms with Crippen LogP contribution in [0.4, 0.5) is 0 Å². The Bertz CT molecular complexity index is 1030. The number of benzene rings is 2. The van der Waals surface area contributed by atoms with E-state index in [1.54, 1.807) is 48.5 Å². The number of aromatic nitrogens is 1. The molecule has 116 valence electrons. The molecule has 1 heterocycles. The Balaban J connectivity index is 2.08. The number of pyridine rings is 1. The van der Waals surface area contributed by atoms with Gasteiger partial charge in [-0.2, -0.15) is 8.42 Å². The van der Waals surface area contributed by atoms with Crippen molar-refractivity contribution in [2.75, 3.05) is 0 Å². The maximum Gasteiger partial charge on any atom is 0.357 e. The van der Waals surface area contributed by atoms with Crippen LogP contribution in [0, 0.1) is 0 Å². The van der Waals surface area contributed by atoms with Gasteiger partial charge in [0, 0.05) is 11.5 Å². The van der Waals surface area contributed by atoms with Crippen LogP contribution in [0.5, 0.6) is 0 Å². The third kappa shape index (κ3) is 2.89. The summed E-state index contributed by atoms with van der Waals surface area (Å²) in [6.45, 7) is 3.61. The minimum Gasteiger partial charge on any atom is -0.280 e. The Labute approximate surface area is 133 Å². The average molecular weight is 327 g/mol. The number of nitrogens with zero attached hydrogens (tertiary/aromatic N) is 1. The first-order valence-corrected chi connectivity index (χ1v) is 8.20. The van der Waals surface area contributed by atoms with Crippen molar-refractivity contribution in [3.63, 3.8) is 0 Å². The molecule has 0 saturated carbocycles. The van der Waals surface area contributed by atoms with Gasteiger partial charge in [-0.3, -0.25) is 9.08 Å².